The number of carbonyl (C=O) groups excluding carboxylic acids is 2. The largest absolute Gasteiger partial charge is 0.352 e. The summed E-state index contributed by atoms with van der Waals surface area (Å²) in [5.74, 6) is -8.24. The van der Waals surface area contributed by atoms with E-state index in [4.69, 9.17) is 0 Å². The molecule has 1 aromatic heterocycles. The smallest absolute Gasteiger partial charge is 0.327 e. The molecule has 0 radical (unpaired) electrons. The van der Waals surface area contributed by atoms with E-state index in [-0.39, 0.29) is 16.8 Å². The molecule has 5 rings (SSSR count). The highest BCUT2D eigenvalue weighted by molar-refractivity contribution is 6.04. The quantitative estimate of drug-likeness (QED) is 0.544. The zero-order chi connectivity index (χ0) is 24.2. The first-order chi connectivity index (χ1) is 16.2. The molecule has 2 aromatic carbocycles. The van der Waals surface area contributed by atoms with Gasteiger partial charge >= 0.3 is 5.92 Å². The van der Waals surface area contributed by atoms with Gasteiger partial charge in [0.25, 0.3) is 11.8 Å². The maximum atomic E-state index is 15.4. The van der Waals surface area contributed by atoms with Crippen LogP contribution in [0.2, 0.25) is 0 Å². The van der Waals surface area contributed by atoms with E-state index in [9.17, 15) is 18.4 Å². The molecule has 0 saturated carbocycles. The van der Waals surface area contributed by atoms with Crippen molar-refractivity contribution in [2.75, 3.05) is 5.32 Å². The minimum absolute atomic E-state index is 0.249. The lowest BCUT2D eigenvalue weighted by atomic mass is 9.97. The number of aryl methyl sites for hydroxylation is 1. The number of halogens is 4. The fraction of sp³-hybridized carbons (Fsp3) is 0.292. The third kappa shape index (κ3) is 3.53. The van der Waals surface area contributed by atoms with E-state index in [1.165, 1.54) is 25.3 Å². The number of amides is 2. The minimum Gasteiger partial charge on any atom is -0.327 e. The summed E-state index contributed by atoms with van der Waals surface area (Å²) >= 11 is 0. The molecule has 2 aliphatic rings. The highest BCUT2D eigenvalue weighted by atomic mass is 19.3. The fourth-order valence-electron chi connectivity index (χ4n) is 4.81. The van der Waals surface area contributed by atoms with Crippen LogP contribution in [0.15, 0.2) is 42.6 Å². The first-order valence-corrected chi connectivity index (χ1v) is 10.8. The monoisotopic (exact) mass is 472 g/mol. The van der Waals surface area contributed by atoms with Crippen LogP contribution in [0.3, 0.4) is 0 Å². The minimum atomic E-state index is -4.19. The summed E-state index contributed by atoms with van der Waals surface area (Å²) in [6.45, 7) is 1.51. The van der Waals surface area contributed by atoms with E-state index in [0.717, 1.165) is 28.8 Å². The Labute approximate surface area is 192 Å². The van der Waals surface area contributed by atoms with Crippen molar-refractivity contribution in [1.29, 1.82) is 0 Å². The average Bonchev–Trinajstić information content (AvgIpc) is 3.40. The standard InChI is InChI=1S/C24H20F4N4O2/c1-12-8-14(3-6-18(12)25)30-22(33)13-2-5-19(26)17(9-13)24(27,28)23(34)32-15-4-7-21(32)16-11-29-31-20(16)10-15/h2-3,5-6,8-9,11,15,21H,4,7,10H2,1H3,(H,29,31)(H,30,33)/t15-,21+/m0/s1. The number of aromatic amines is 1. The number of benzene rings is 2. The Balaban J connectivity index is 1.43. The van der Waals surface area contributed by atoms with Crippen molar-refractivity contribution in [3.05, 3.63) is 82.2 Å². The van der Waals surface area contributed by atoms with Gasteiger partial charge in [0.1, 0.15) is 11.6 Å². The number of nitrogens with one attached hydrogen (secondary N) is 2. The van der Waals surface area contributed by atoms with Crippen molar-refractivity contribution in [1.82, 2.24) is 15.1 Å². The van der Waals surface area contributed by atoms with Gasteiger partial charge in [0.2, 0.25) is 0 Å². The summed E-state index contributed by atoms with van der Waals surface area (Å²) in [5.41, 5.74) is 0.620. The molecule has 0 aliphatic carbocycles. The van der Waals surface area contributed by atoms with Crippen LogP contribution in [-0.4, -0.2) is 33.0 Å². The Morgan fingerprint density at radius 3 is 2.65 bits per heavy atom. The zero-order valence-electron chi connectivity index (χ0n) is 18.0. The number of alkyl halides is 2. The van der Waals surface area contributed by atoms with Crippen LogP contribution >= 0.6 is 0 Å². The Hall–Kier alpha value is -3.69. The Bertz CT molecular complexity index is 1310. The second kappa shape index (κ2) is 7.96. The van der Waals surface area contributed by atoms with Crippen molar-refractivity contribution in [3.63, 3.8) is 0 Å². The van der Waals surface area contributed by atoms with Crippen LogP contribution in [0.4, 0.5) is 23.2 Å². The number of aromatic nitrogens is 2. The lowest BCUT2D eigenvalue weighted by Crippen LogP contribution is -2.48. The molecule has 1 fully saturated rings. The first-order valence-electron chi connectivity index (χ1n) is 10.8. The number of carbonyl (C=O) groups is 2. The number of nitrogens with zero attached hydrogens (tertiary/aromatic N) is 2. The maximum Gasteiger partial charge on any atom is 0.352 e. The van der Waals surface area contributed by atoms with Gasteiger partial charge in [0.05, 0.1) is 17.8 Å². The van der Waals surface area contributed by atoms with Gasteiger partial charge in [-0.25, -0.2) is 8.78 Å². The van der Waals surface area contributed by atoms with Gasteiger partial charge < -0.3 is 10.2 Å². The van der Waals surface area contributed by atoms with Gasteiger partial charge in [0, 0.05) is 35.0 Å². The van der Waals surface area contributed by atoms with E-state index < -0.39 is 47.0 Å². The first kappa shape index (κ1) is 22.1. The van der Waals surface area contributed by atoms with Crippen LogP contribution in [0, 0.1) is 18.6 Å². The molecule has 2 amide bonds. The molecule has 3 aromatic rings. The normalized spacial score (nSPS) is 19.1. The van der Waals surface area contributed by atoms with Gasteiger partial charge in [-0.1, -0.05) is 0 Å². The molecule has 34 heavy (non-hydrogen) atoms. The molecule has 2 aliphatic heterocycles. The molecule has 0 unspecified atom stereocenters. The third-order valence-electron chi connectivity index (χ3n) is 6.54. The summed E-state index contributed by atoms with van der Waals surface area (Å²) < 4.78 is 58.8. The van der Waals surface area contributed by atoms with Crippen molar-refractivity contribution in [2.24, 2.45) is 0 Å². The lowest BCUT2D eigenvalue weighted by Gasteiger charge is -2.36. The van der Waals surface area contributed by atoms with Crippen LogP contribution in [-0.2, 0) is 17.1 Å². The molecule has 0 spiro atoms. The van der Waals surface area contributed by atoms with Crippen molar-refractivity contribution >= 4 is 17.5 Å². The summed E-state index contributed by atoms with van der Waals surface area (Å²) in [6, 6.07) is 5.34. The number of rotatable bonds is 4. The topological polar surface area (TPSA) is 78.1 Å². The van der Waals surface area contributed by atoms with Crippen LogP contribution in [0.5, 0.6) is 0 Å². The fourth-order valence-corrected chi connectivity index (χ4v) is 4.81. The summed E-state index contributed by atoms with van der Waals surface area (Å²) in [7, 11) is 0. The Morgan fingerprint density at radius 2 is 1.88 bits per heavy atom. The Kier molecular flexibility index (Phi) is 5.18. The highest BCUT2D eigenvalue weighted by Gasteiger charge is 2.53. The van der Waals surface area contributed by atoms with Gasteiger partial charge in [0.15, 0.2) is 0 Å². The number of H-pyrrole nitrogens is 1. The van der Waals surface area contributed by atoms with Crippen molar-refractivity contribution < 1.29 is 27.2 Å². The van der Waals surface area contributed by atoms with E-state index in [1.807, 2.05) is 0 Å². The molecule has 2 bridgehead atoms. The molecule has 2 atom stereocenters. The molecule has 2 N–H and O–H groups in total. The van der Waals surface area contributed by atoms with Gasteiger partial charge in [-0.3, -0.25) is 14.7 Å². The molecule has 3 heterocycles. The summed E-state index contributed by atoms with van der Waals surface area (Å²) in [5, 5.41) is 9.26. The zero-order valence-corrected chi connectivity index (χ0v) is 18.0. The number of fused-ring (bicyclic) bond motifs is 4. The Morgan fingerprint density at radius 1 is 1.12 bits per heavy atom. The average molecular weight is 472 g/mol. The number of anilines is 1. The molecular formula is C24H20F4N4O2. The van der Waals surface area contributed by atoms with Crippen molar-refractivity contribution in [2.45, 2.75) is 44.2 Å². The van der Waals surface area contributed by atoms with Crippen LogP contribution in [0.1, 0.15) is 51.6 Å². The van der Waals surface area contributed by atoms with E-state index >= 15 is 8.78 Å². The molecule has 10 heteroatoms. The van der Waals surface area contributed by atoms with Gasteiger partial charge in [-0.15, -0.1) is 0 Å². The highest BCUT2D eigenvalue weighted by Crippen LogP contribution is 2.46. The van der Waals surface area contributed by atoms with Crippen LogP contribution < -0.4 is 5.32 Å². The number of hydrogen-bond acceptors (Lipinski definition) is 3. The molecule has 1 saturated heterocycles. The van der Waals surface area contributed by atoms with E-state index in [2.05, 4.69) is 15.5 Å². The SMILES string of the molecule is Cc1cc(NC(=O)c2ccc(F)c(C(F)(F)C(=O)N3[C@H]4CC[C@@H]3c3cn[nH]c3C4)c2)ccc1F. The predicted octanol–water partition coefficient (Wildman–Crippen LogP) is 4.63. The molecule has 176 valence electrons. The van der Waals surface area contributed by atoms with Crippen molar-refractivity contribution in [3.8, 4) is 0 Å². The summed E-state index contributed by atoms with van der Waals surface area (Å²) in [6.07, 6.45) is 2.97. The van der Waals surface area contributed by atoms with Gasteiger partial charge in [-0.2, -0.15) is 13.9 Å². The maximum absolute atomic E-state index is 15.4. The van der Waals surface area contributed by atoms with E-state index in [1.54, 1.807) is 0 Å². The molecular weight excluding hydrogens is 452 g/mol. The number of hydrogen-bond donors (Lipinski definition) is 2. The van der Waals surface area contributed by atoms with E-state index in [0.29, 0.717) is 30.9 Å². The van der Waals surface area contributed by atoms with Crippen LogP contribution in [0.25, 0.3) is 0 Å². The summed E-state index contributed by atoms with van der Waals surface area (Å²) in [4.78, 5) is 26.8. The predicted molar refractivity (Wildman–Crippen MR) is 114 cm³/mol. The lowest BCUT2D eigenvalue weighted by molar-refractivity contribution is -0.163. The third-order valence-corrected chi connectivity index (χ3v) is 6.54. The van der Waals surface area contributed by atoms with Gasteiger partial charge in [-0.05, 0) is 61.7 Å². The molecule has 6 nitrogen and oxygen atoms in total. The second-order valence-corrected chi connectivity index (χ2v) is 8.65. The second-order valence-electron chi connectivity index (χ2n) is 8.65.